The van der Waals surface area contributed by atoms with Crippen LogP contribution < -0.4 is 5.73 Å². The Hall–Kier alpha value is -1.00. The van der Waals surface area contributed by atoms with Crippen molar-refractivity contribution in [3.63, 3.8) is 0 Å². The monoisotopic (exact) mass is 238 g/mol. The fourth-order valence-electron chi connectivity index (χ4n) is 2.88. The molecule has 0 amide bonds. The van der Waals surface area contributed by atoms with Crippen molar-refractivity contribution in [3.05, 3.63) is 29.8 Å². The van der Waals surface area contributed by atoms with Gasteiger partial charge in [-0.15, -0.1) is 0 Å². The molecular weight excluding hydrogens is 219 g/mol. The van der Waals surface area contributed by atoms with E-state index in [1.165, 1.54) is 6.07 Å². The zero-order chi connectivity index (χ0) is 12.5. The summed E-state index contributed by atoms with van der Waals surface area (Å²) < 4.78 is 12.9. The fraction of sp³-hybridized carbons (Fsp3) is 0.615. The molecular formula is C13H19FN2O. The van der Waals surface area contributed by atoms with Crippen molar-refractivity contribution in [1.82, 2.24) is 4.98 Å². The fourth-order valence-corrected chi connectivity index (χ4v) is 2.88. The molecule has 1 aliphatic rings. The van der Waals surface area contributed by atoms with Crippen molar-refractivity contribution in [3.8, 4) is 0 Å². The number of nitrogens with two attached hydrogens (primary N) is 1. The minimum atomic E-state index is -1.09. The zero-order valence-electron chi connectivity index (χ0n) is 10.1. The third-order valence-corrected chi connectivity index (χ3v) is 4.21. The highest BCUT2D eigenvalue weighted by Gasteiger charge is 2.49. The van der Waals surface area contributed by atoms with E-state index in [1.807, 2.05) is 0 Å². The second-order valence-electron chi connectivity index (χ2n) is 5.13. The Kier molecular flexibility index (Phi) is 3.19. The van der Waals surface area contributed by atoms with Crippen LogP contribution in [0.4, 0.5) is 4.39 Å². The molecule has 1 aromatic rings. The molecule has 1 heterocycles. The number of hydrogen-bond donors (Lipinski definition) is 2. The lowest BCUT2D eigenvalue weighted by Crippen LogP contribution is -2.47. The summed E-state index contributed by atoms with van der Waals surface area (Å²) in [4.78, 5) is 4.01. The molecule has 4 heteroatoms. The topological polar surface area (TPSA) is 59.1 Å². The summed E-state index contributed by atoms with van der Waals surface area (Å²) in [5.74, 6) is -0.391. The Morgan fingerprint density at radius 2 is 2.12 bits per heavy atom. The van der Waals surface area contributed by atoms with E-state index in [1.54, 1.807) is 13.0 Å². The summed E-state index contributed by atoms with van der Waals surface area (Å²) in [6.45, 7) is 2.17. The highest BCUT2D eigenvalue weighted by atomic mass is 19.1. The summed E-state index contributed by atoms with van der Waals surface area (Å²) in [5, 5.41) is 10.8. The van der Waals surface area contributed by atoms with E-state index in [4.69, 9.17) is 5.73 Å². The van der Waals surface area contributed by atoms with Crippen LogP contribution in [0.3, 0.4) is 0 Å². The van der Waals surface area contributed by atoms with E-state index in [2.05, 4.69) is 4.98 Å². The van der Waals surface area contributed by atoms with Crippen LogP contribution in [0.15, 0.2) is 18.3 Å². The molecule has 0 saturated heterocycles. The second kappa shape index (κ2) is 4.35. The van der Waals surface area contributed by atoms with Gasteiger partial charge < -0.3 is 10.8 Å². The predicted octanol–water partition coefficient (Wildman–Crippen LogP) is 1.95. The van der Waals surface area contributed by atoms with Crippen molar-refractivity contribution in [2.75, 3.05) is 6.54 Å². The zero-order valence-corrected chi connectivity index (χ0v) is 10.1. The van der Waals surface area contributed by atoms with Crippen LogP contribution in [-0.2, 0) is 5.60 Å². The first kappa shape index (κ1) is 12.5. The van der Waals surface area contributed by atoms with Gasteiger partial charge in [0.25, 0.3) is 0 Å². The first-order valence-electron chi connectivity index (χ1n) is 6.06. The van der Waals surface area contributed by atoms with E-state index >= 15 is 0 Å². The number of aromatic nitrogens is 1. The molecule has 1 atom stereocenters. The SMILES string of the molecule is CC(O)(c1ccc(F)cn1)C1(CN)CCCC1. The number of rotatable bonds is 3. The van der Waals surface area contributed by atoms with Gasteiger partial charge in [-0.3, -0.25) is 4.98 Å². The highest BCUT2D eigenvalue weighted by molar-refractivity contribution is 5.18. The Morgan fingerprint density at radius 3 is 2.59 bits per heavy atom. The van der Waals surface area contributed by atoms with Crippen LogP contribution in [-0.4, -0.2) is 16.6 Å². The lowest BCUT2D eigenvalue weighted by molar-refractivity contribution is -0.0727. The van der Waals surface area contributed by atoms with Crippen molar-refractivity contribution in [2.24, 2.45) is 11.1 Å². The Balaban J connectivity index is 2.37. The molecule has 0 radical (unpaired) electrons. The van der Waals surface area contributed by atoms with E-state index in [-0.39, 0.29) is 5.41 Å². The lowest BCUT2D eigenvalue weighted by Gasteiger charge is -2.41. The number of hydrogen-bond acceptors (Lipinski definition) is 3. The van der Waals surface area contributed by atoms with Gasteiger partial charge in [0.2, 0.25) is 0 Å². The van der Waals surface area contributed by atoms with Gasteiger partial charge in [-0.05, 0) is 31.9 Å². The van der Waals surface area contributed by atoms with Crippen LogP contribution in [0, 0.1) is 11.2 Å². The minimum absolute atomic E-state index is 0.322. The van der Waals surface area contributed by atoms with Gasteiger partial charge in [0, 0.05) is 12.0 Å². The minimum Gasteiger partial charge on any atom is -0.383 e. The summed E-state index contributed by atoms with van der Waals surface area (Å²) in [5.41, 5.74) is 4.95. The first-order valence-corrected chi connectivity index (χ1v) is 6.06. The maximum atomic E-state index is 12.9. The standard InChI is InChI=1S/C13H19FN2O/c1-12(17,11-5-4-10(14)8-16-11)13(9-15)6-2-3-7-13/h4-5,8,17H,2-3,6-7,9,15H2,1H3. The number of nitrogens with zero attached hydrogens (tertiary/aromatic N) is 1. The number of aliphatic hydroxyl groups is 1. The maximum absolute atomic E-state index is 12.9. The van der Waals surface area contributed by atoms with Gasteiger partial charge >= 0.3 is 0 Å². The van der Waals surface area contributed by atoms with Gasteiger partial charge in [0.1, 0.15) is 11.4 Å². The van der Waals surface area contributed by atoms with Crippen LogP contribution in [0.1, 0.15) is 38.3 Å². The summed E-state index contributed by atoms with van der Waals surface area (Å²) >= 11 is 0. The molecule has 0 spiro atoms. The summed E-state index contributed by atoms with van der Waals surface area (Å²) in [6, 6.07) is 2.88. The Morgan fingerprint density at radius 1 is 1.47 bits per heavy atom. The van der Waals surface area contributed by atoms with Gasteiger partial charge in [0.15, 0.2) is 0 Å². The highest BCUT2D eigenvalue weighted by Crippen LogP contribution is 2.49. The molecule has 0 aromatic carbocycles. The van der Waals surface area contributed by atoms with Crippen molar-refractivity contribution in [2.45, 2.75) is 38.2 Å². The summed E-state index contributed by atoms with van der Waals surface area (Å²) in [6.07, 6.45) is 5.09. The van der Waals surface area contributed by atoms with Crippen LogP contribution in [0.5, 0.6) is 0 Å². The van der Waals surface area contributed by atoms with E-state index in [9.17, 15) is 9.50 Å². The molecule has 1 saturated carbocycles. The first-order chi connectivity index (χ1) is 8.02. The van der Waals surface area contributed by atoms with Gasteiger partial charge in [-0.2, -0.15) is 0 Å². The van der Waals surface area contributed by atoms with E-state index in [0.29, 0.717) is 12.2 Å². The molecule has 3 N–H and O–H groups in total. The average Bonchev–Trinajstić information content (AvgIpc) is 2.79. The third-order valence-electron chi connectivity index (χ3n) is 4.21. The molecule has 3 nitrogen and oxygen atoms in total. The molecule has 17 heavy (non-hydrogen) atoms. The van der Waals surface area contributed by atoms with Gasteiger partial charge in [-0.1, -0.05) is 12.8 Å². The van der Waals surface area contributed by atoms with Crippen LogP contribution in [0.2, 0.25) is 0 Å². The van der Waals surface area contributed by atoms with Crippen LogP contribution >= 0.6 is 0 Å². The number of pyridine rings is 1. The van der Waals surface area contributed by atoms with E-state index < -0.39 is 11.4 Å². The smallest absolute Gasteiger partial charge is 0.141 e. The predicted molar refractivity (Wildman–Crippen MR) is 63.7 cm³/mol. The van der Waals surface area contributed by atoms with Crippen molar-refractivity contribution >= 4 is 0 Å². The Bertz CT molecular complexity index is 383. The molecule has 94 valence electrons. The van der Waals surface area contributed by atoms with Gasteiger partial charge in [-0.25, -0.2) is 4.39 Å². The molecule has 2 rings (SSSR count). The summed E-state index contributed by atoms with van der Waals surface area (Å²) in [7, 11) is 0. The van der Waals surface area contributed by atoms with Gasteiger partial charge in [0.05, 0.1) is 11.9 Å². The second-order valence-corrected chi connectivity index (χ2v) is 5.13. The molecule has 0 aliphatic heterocycles. The maximum Gasteiger partial charge on any atom is 0.141 e. The molecule has 1 aromatic heterocycles. The number of halogens is 1. The molecule has 1 unspecified atom stereocenters. The molecule has 0 bridgehead atoms. The lowest BCUT2D eigenvalue weighted by atomic mass is 9.69. The quantitative estimate of drug-likeness (QED) is 0.846. The third kappa shape index (κ3) is 1.96. The molecule has 1 aliphatic carbocycles. The van der Waals surface area contributed by atoms with Crippen LogP contribution in [0.25, 0.3) is 0 Å². The van der Waals surface area contributed by atoms with E-state index in [0.717, 1.165) is 31.9 Å². The Labute approximate surface area is 101 Å². The van der Waals surface area contributed by atoms with Crippen molar-refractivity contribution in [1.29, 1.82) is 0 Å². The normalized spacial score (nSPS) is 22.4. The average molecular weight is 238 g/mol. The largest absolute Gasteiger partial charge is 0.383 e. The van der Waals surface area contributed by atoms with Crippen molar-refractivity contribution < 1.29 is 9.50 Å². The molecule has 1 fully saturated rings.